The van der Waals surface area contributed by atoms with Gasteiger partial charge in [0.1, 0.15) is 6.10 Å². The van der Waals surface area contributed by atoms with Crippen LogP contribution < -0.4 is 0 Å². The minimum absolute atomic E-state index is 0.107. The molecule has 1 saturated heterocycles. The number of rotatable bonds is 4. The molecule has 0 spiro atoms. The van der Waals surface area contributed by atoms with Gasteiger partial charge < -0.3 is 14.4 Å². The number of carbonyl (C=O) groups is 1. The van der Waals surface area contributed by atoms with Crippen LogP contribution in [0, 0.1) is 11.8 Å². The Labute approximate surface area is 126 Å². The quantitative estimate of drug-likeness (QED) is 0.745. The normalized spacial score (nSPS) is 36.2. The molecular formula is C17H25NO3. The average Bonchev–Trinajstić information content (AvgIpc) is 3.03. The van der Waals surface area contributed by atoms with Crippen LogP contribution in [0.25, 0.3) is 0 Å². The largest absolute Gasteiger partial charge is 0.375 e. The van der Waals surface area contributed by atoms with Gasteiger partial charge in [0.25, 0.3) is 0 Å². The summed E-state index contributed by atoms with van der Waals surface area (Å²) in [5.74, 6) is 1.30. The Kier molecular flexibility index (Phi) is 3.76. The Morgan fingerprint density at radius 2 is 2.00 bits per heavy atom. The highest BCUT2D eigenvalue weighted by molar-refractivity contribution is 5.80. The van der Waals surface area contributed by atoms with Crippen LogP contribution in [-0.2, 0) is 14.3 Å². The average molecular weight is 291 g/mol. The van der Waals surface area contributed by atoms with Gasteiger partial charge in [-0.15, -0.1) is 0 Å². The van der Waals surface area contributed by atoms with E-state index in [0.29, 0.717) is 12.5 Å². The summed E-state index contributed by atoms with van der Waals surface area (Å²) in [6.45, 7) is 2.31. The molecule has 2 saturated carbocycles. The summed E-state index contributed by atoms with van der Waals surface area (Å²) in [6.07, 6.45) is 11.1. The number of allylic oxidation sites excluding steroid dienone is 2. The van der Waals surface area contributed by atoms with Crippen LogP contribution in [0.1, 0.15) is 38.5 Å². The van der Waals surface area contributed by atoms with Gasteiger partial charge in [0.2, 0.25) is 5.91 Å². The summed E-state index contributed by atoms with van der Waals surface area (Å²) in [7, 11) is 0. The van der Waals surface area contributed by atoms with Crippen molar-refractivity contribution in [2.24, 2.45) is 11.8 Å². The molecule has 3 aliphatic carbocycles. The molecule has 4 aliphatic rings. The van der Waals surface area contributed by atoms with Crippen LogP contribution in [0.5, 0.6) is 0 Å². The summed E-state index contributed by atoms with van der Waals surface area (Å²) in [5, 5.41) is 0. The predicted octanol–water partition coefficient (Wildman–Crippen LogP) is 2.14. The van der Waals surface area contributed by atoms with Gasteiger partial charge in [-0.05, 0) is 44.4 Å². The topological polar surface area (TPSA) is 38.8 Å². The molecule has 0 bridgehead atoms. The summed E-state index contributed by atoms with van der Waals surface area (Å²) >= 11 is 0. The molecule has 0 unspecified atom stereocenters. The second-order valence-electron chi connectivity index (χ2n) is 6.97. The summed E-state index contributed by atoms with van der Waals surface area (Å²) in [6, 6.07) is 0.246. The molecule has 21 heavy (non-hydrogen) atoms. The van der Waals surface area contributed by atoms with E-state index < -0.39 is 0 Å². The highest BCUT2D eigenvalue weighted by atomic mass is 16.5. The maximum absolute atomic E-state index is 12.7. The molecule has 4 heteroatoms. The van der Waals surface area contributed by atoms with E-state index in [1.807, 2.05) is 0 Å². The lowest BCUT2D eigenvalue weighted by Gasteiger charge is -2.40. The number of hydrogen-bond donors (Lipinski definition) is 0. The molecule has 116 valence electrons. The van der Waals surface area contributed by atoms with Crippen molar-refractivity contribution >= 4 is 5.91 Å². The zero-order chi connectivity index (χ0) is 14.2. The molecule has 0 N–H and O–H groups in total. The maximum atomic E-state index is 12.7. The first kappa shape index (κ1) is 13.8. The van der Waals surface area contributed by atoms with Crippen LogP contribution in [0.15, 0.2) is 12.2 Å². The van der Waals surface area contributed by atoms with Gasteiger partial charge in [-0.2, -0.15) is 0 Å². The lowest BCUT2D eigenvalue weighted by Crippen LogP contribution is -2.55. The second kappa shape index (κ2) is 5.73. The molecule has 4 rings (SSSR count). The number of fused-ring (bicyclic) bond motifs is 1. The maximum Gasteiger partial charge on any atom is 0.226 e. The fourth-order valence-corrected chi connectivity index (χ4v) is 3.97. The summed E-state index contributed by atoms with van der Waals surface area (Å²) < 4.78 is 12.1. The zero-order valence-electron chi connectivity index (χ0n) is 12.6. The van der Waals surface area contributed by atoms with E-state index >= 15 is 0 Å². The number of nitrogens with zero attached hydrogens (tertiary/aromatic N) is 1. The van der Waals surface area contributed by atoms with Crippen LogP contribution in [0.3, 0.4) is 0 Å². The Hall–Kier alpha value is -0.870. The Morgan fingerprint density at radius 3 is 2.76 bits per heavy atom. The van der Waals surface area contributed by atoms with E-state index in [9.17, 15) is 4.79 Å². The van der Waals surface area contributed by atoms with Crippen molar-refractivity contribution in [3.8, 4) is 0 Å². The zero-order valence-corrected chi connectivity index (χ0v) is 12.6. The fraction of sp³-hybridized carbons (Fsp3) is 0.824. The van der Waals surface area contributed by atoms with E-state index in [1.165, 1.54) is 12.8 Å². The molecule has 3 fully saturated rings. The first-order valence-electron chi connectivity index (χ1n) is 8.51. The molecule has 0 aromatic heterocycles. The van der Waals surface area contributed by atoms with E-state index in [1.54, 1.807) is 0 Å². The SMILES string of the molecule is O=C(C1CC=CC1)N1CCO[C@H]2[C@H](OCC3CC3)CC[C@@H]21. The van der Waals surface area contributed by atoms with Gasteiger partial charge in [0.15, 0.2) is 0 Å². The number of carbonyl (C=O) groups excluding carboxylic acids is 1. The number of amides is 1. The van der Waals surface area contributed by atoms with Gasteiger partial charge in [-0.1, -0.05) is 12.2 Å². The van der Waals surface area contributed by atoms with E-state index in [2.05, 4.69) is 17.1 Å². The predicted molar refractivity (Wildman–Crippen MR) is 78.8 cm³/mol. The standard InChI is InChI=1S/C17H25NO3/c19-17(13-3-1-2-4-13)18-9-10-20-16-14(18)7-8-15(16)21-11-12-5-6-12/h1-2,12-16H,3-11H2/t14-,15+,16+/m0/s1. The third-order valence-corrected chi connectivity index (χ3v) is 5.42. The first-order valence-corrected chi connectivity index (χ1v) is 8.51. The Morgan fingerprint density at radius 1 is 1.19 bits per heavy atom. The lowest BCUT2D eigenvalue weighted by atomic mass is 10.0. The molecule has 0 radical (unpaired) electrons. The molecule has 1 amide bonds. The van der Waals surface area contributed by atoms with Crippen molar-refractivity contribution in [1.29, 1.82) is 0 Å². The van der Waals surface area contributed by atoms with Crippen molar-refractivity contribution in [3.05, 3.63) is 12.2 Å². The summed E-state index contributed by atoms with van der Waals surface area (Å²) in [5.41, 5.74) is 0. The van der Waals surface area contributed by atoms with Gasteiger partial charge in [-0.3, -0.25) is 4.79 Å². The molecule has 1 heterocycles. The highest BCUT2D eigenvalue weighted by Crippen LogP contribution is 2.36. The van der Waals surface area contributed by atoms with E-state index in [4.69, 9.17) is 9.47 Å². The lowest BCUT2D eigenvalue weighted by molar-refractivity contribution is -0.155. The highest BCUT2D eigenvalue weighted by Gasteiger charge is 2.46. The Bertz CT molecular complexity index is 424. The van der Waals surface area contributed by atoms with Crippen molar-refractivity contribution in [2.45, 2.75) is 56.8 Å². The van der Waals surface area contributed by atoms with Crippen molar-refractivity contribution in [1.82, 2.24) is 4.90 Å². The molecular weight excluding hydrogens is 266 g/mol. The van der Waals surface area contributed by atoms with Gasteiger partial charge in [0.05, 0.1) is 18.8 Å². The number of hydrogen-bond acceptors (Lipinski definition) is 3. The van der Waals surface area contributed by atoms with E-state index in [-0.39, 0.29) is 24.2 Å². The molecule has 0 aromatic rings. The fourth-order valence-electron chi connectivity index (χ4n) is 3.97. The Balaban J connectivity index is 1.39. The number of morpholine rings is 1. The van der Waals surface area contributed by atoms with Crippen molar-refractivity contribution in [2.75, 3.05) is 19.8 Å². The van der Waals surface area contributed by atoms with Crippen LogP contribution >= 0.6 is 0 Å². The third kappa shape index (κ3) is 2.76. The third-order valence-electron chi connectivity index (χ3n) is 5.42. The van der Waals surface area contributed by atoms with Crippen LogP contribution in [-0.4, -0.2) is 48.8 Å². The van der Waals surface area contributed by atoms with Crippen molar-refractivity contribution in [3.63, 3.8) is 0 Å². The summed E-state index contributed by atoms with van der Waals surface area (Å²) in [4.78, 5) is 14.8. The minimum atomic E-state index is 0.107. The first-order chi connectivity index (χ1) is 10.3. The van der Waals surface area contributed by atoms with Gasteiger partial charge in [-0.25, -0.2) is 0 Å². The minimum Gasteiger partial charge on any atom is -0.375 e. The van der Waals surface area contributed by atoms with Gasteiger partial charge in [0, 0.05) is 19.1 Å². The molecule has 0 aromatic carbocycles. The molecule has 4 nitrogen and oxygen atoms in total. The monoisotopic (exact) mass is 291 g/mol. The van der Waals surface area contributed by atoms with Crippen LogP contribution in [0.4, 0.5) is 0 Å². The second-order valence-corrected chi connectivity index (χ2v) is 6.97. The van der Waals surface area contributed by atoms with Crippen molar-refractivity contribution < 1.29 is 14.3 Å². The van der Waals surface area contributed by atoms with Gasteiger partial charge >= 0.3 is 0 Å². The number of ether oxygens (including phenoxy) is 2. The molecule has 3 atom stereocenters. The smallest absolute Gasteiger partial charge is 0.226 e. The van der Waals surface area contributed by atoms with Crippen LogP contribution in [0.2, 0.25) is 0 Å². The molecule has 1 aliphatic heterocycles. The van der Waals surface area contributed by atoms with E-state index in [0.717, 1.165) is 44.8 Å².